The molecule has 0 fully saturated rings. The van der Waals surface area contributed by atoms with Crippen molar-refractivity contribution in [1.29, 1.82) is 0 Å². The van der Waals surface area contributed by atoms with Crippen molar-refractivity contribution >= 4 is 22.6 Å². The largest absolute Gasteiger partial charge is 0.264 e. The Morgan fingerprint density at radius 1 is 0.789 bits per heavy atom. The molecule has 0 unspecified atom stereocenters. The Hall–Kier alpha value is -1.82. The molecule has 0 saturated carbocycles. The molecule has 0 atom stereocenters. The van der Waals surface area contributed by atoms with Crippen molar-refractivity contribution in [3.63, 3.8) is 0 Å². The van der Waals surface area contributed by atoms with Crippen LogP contribution in [-0.4, -0.2) is 15.0 Å². The van der Waals surface area contributed by atoms with Crippen molar-refractivity contribution in [2.24, 2.45) is 0 Å². The normalized spacial score (nSPS) is 10.4. The molecule has 3 aromatic rings. The van der Waals surface area contributed by atoms with Crippen molar-refractivity contribution in [1.82, 2.24) is 15.0 Å². The molecule has 0 spiro atoms. The van der Waals surface area contributed by atoms with Crippen LogP contribution in [0.15, 0.2) is 61.3 Å². The molecule has 0 N–H and O–H groups in total. The highest BCUT2D eigenvalue weighted by molar-refractivity contribution is 14.1. The second kappa shape index (κ2) is 5.44. The topological polar surface area (TPSA) is 38.7 Å². The summed E-state index contributed by atoms with van der Waals surface area (Å²) in [7, 11) is 0. The molecule has 0 saturated heterocycles. The molecule has 0 aromatic carbocycles. The van der Waals surface area contributed by atoms with Gasteiger partial charge in [0.25, 0.3) is 0 Å². The van der Waals surface area contributed by atoms with E-state index in [1.807, 2.05) is 42.9 Å². The van der Waals surface area contributed by atoms with Gasteiger partial charge in [0, 0.05) is 53.2 Å². The Balaban J connectivity index is 2.12. The fourth-order valence-electron chi connectivity index (χ4n) is 1.86. The summed E-state index contributed by atoms with van der Waals surface area (Å²) in [6, 6.07) is 10.1. The van der Waals surface area contributed by atoms with E-state index < -0.39 is 0 Å². The summed E-state index contributed by atoms with van der Waals surface area (Å²) >= 11 is 2.25. The van der Waals surface area contributed by atoms with Crippen molar-refractivity contribution < 1.29 is 0 Å². The van der Waals surface area contributed by atoms with E-state index in [0.717, 1.165) is 26.0 Å². The molecule has 0 amide bonds. The third kappa shape index (κ3) is 2.63. The van der Waals surface area contributed by atoms with Crippen LogP contribution >= 0.6 is 22.6 Å². The summed E-state index contributed by atoms with van der Waals surface area (Å²) in [6.07, 6.45) is 9.11. The minimum Gasteiger partial charge on any atom is -0.264 e. The summed E-state index contributed by atoms with van der Waals surface area (Å²) in [4.78, 5) is 12.8. The maximum Gasteiger partial charge on any atom is 0.109 e. The lowest BCUT2D eigenvalue weighted by Gasteiger charge is -2.07. The highest BCUT2D eigenvalue weighted by atomic mass is 127. The van der Waals surface area contributed by atoms with Gasteiger partial charge >= 0.3 is 0 Å². The van der Waals surface area contributed by atoms with Crippen LogP contribution in [0.5, 0.6) is 0 Å². The SMILES string of the molecule is Ic1ncc(-c2cccnc2)cc1-c1cccnc1. The molecule has 3 nitrogen and oxygen atoms in total. The van der Waals surface area contributed by atoms with Crippen LogP contribution in [0.3, 0.4) is 0 Å². The van der Waals surface area contributed by atoms with Gasteiger partial charge in [0.2, 0.25) is 0 Å². The maximum atomic E-state index is 4.46. The van der Waals surface area contributed by atoms with Crippen LogP contribution in [0.2, 0.25) is 0 Å². The average molecular weight is 359 g/mol. The van der Waals surface area contributed by atoms with E-state index in [0.29, 0.717) is 0 Å². The Morgan fingerprint density at radius 3 is 2.11 bits per heavy atom. The second-order valence-electron chi connectivity index (χ2n) is 4.05. The van der Waals surface area contributed by atoms with E-state index in [9.17, 15) is 0 Å². The summed E-state index contributed by atoms with van der Waals surface area (Å²) < 4.78 is 0.971. The number of nitrogens with zero attached hydrogens (tertiary/aromatic N) is 3. The smallest absolute Gasteiger partial charge is 0.109 e. The molecule has 3 rings (SSSR count). The minimum atomic E-state index is 0.971. The van der Waals surface area contributed by atoms with Crippen LogP contribution < -0.4 is 0 Å². The molecule has 3 heterocycles. The highest BCUT2D eigenvalue weighted by Crippen LogP contribution is 2.28. The monoisotopic (exact) mass is 359 g/mol. The van der Waals surface area contributed by atoms with E-state index >= 15 is 0 Å². The van der Waals surface area contributed by atoms with Gasteiger partial charge in [-0.2, -0.15) is 0 Å². The maximum absolute atomic E-state index is 4.46. The van der Waals surface area contributed by atoms with Crippen LogP contribution in [0, 0.1) is 3.70 Å². The number of hydrogen-bond donors (Lipinski definition) is 0. The first-order valence-corrected chi connectivity index (χ1v) is 6.89. The van der Waals surface area contributed by atoms with Gasteiger partial charge in [-0.15, -0.1) is 0 Å². The van der Waals surface area contributed by atoms with E-state index in [1.165, 1.54) is 0 Å². The molecule has 92 valence electrons. The zero-order valence-corrected chi connectivity index (χ0v) is 12.2. The quantitative estimate of drug-likeness (QED) is 0.516. The minimum absolute atomic E-state index is 0.971. The van der Waals surface area contributed by atoms with Gasteiger partial charge in [-0.05, 0) is 40.8 Å². The van der Waals surface area contributed by atoms with Crippen molar-refractivity contribution in [3.8, 4) is 22.3 Å². The van der Waals surface area contributed by atoms with Gasteiger partial charge in [0.05, 0.1) is 0 Å². The van der Waals surface area contributed by atoms with Gasteiger partial charge in [0.1, 0.15) is 3.70 Å². The van der Waals surface area contributed by atoms with Crippen molar-refractivity contribution in [3.05, 3.63) is 65.0 Å². The molecule has 0 aliphatic rings. The Labute approximate surface area is 124 Å². The van der Waals surface area contributed by atoms with E-state index in [1.54, 1.807) is 12.4 Å². The summed E-state index contributed by atoms with van der Waals surface area (Å²) in [5.41, 5.74) is 4.30. The third-order valence-electron chi connectivity index (χ3n) is 2.81. The summed E-state index contributed by atoms with van der Waals surface area (Å²) in [6.45, 7) is 0. The van der Waals surface area contributed by atoms with Gasteiger partial charge < -0.3 is 0 Å². The van der Waals surface area contributed by atoms with Crippen LogP contribution in [0.1, 0.15) is 0 Å². The number of pyridine rings is 3. The van der Waals surface area contributed by atoms with E-state index in [2.05, 4.69) is 43.6 Å². The molecule has 0 aliphatic heterocycles. The predicted octanol–water partition coefficient (Wildman–Crippen LogP) is 3.81. The van der Waals surface area contributed by atoms with Crippen molar-refractivity contribution in [2.75, 3.05) is 0 Å². The van der Waals surface area contributed by atoms with E-state index in [-0.39, 0.29) is 0 Å². The molecule has 0 bridgehead atoms. The number of rotatable bonds is 2. The molecule has 0 radical (unpaired) electrons. The zero-order valence-electron chi connectivity index (χ0n) is 9.99. The van der Waals surface area contributed by atoms with Gasteiger partial charge in [0.15, 0.2) is 0 Å². The predicted molar refractivity (Wildman–Crippen MR) is 83.4 cm³/mol. The molecule has 4 heteroatoms. The second-order valence-corrected chi connectivity index (χ2v) is 5.07. The fourth-order valence-corrected chi connectivity index (χ4v) is 2.47. The molecule has 19 heavy (non-hydrogen) atoms. The number of hydrogen-bond acceptors (Lipinski definition) is 3. The van der Waals surface area contributed by atoms with Crippen LogP contribution in [0.25, 0.3) is 22.3 Å². The first-order chi connectivity index (χ1) is 9.34. The van der Waals surface area contributed by atoms with E-state index in [4.69, 9.17) is 0 Å². The highest BCUT2D eigenvalue weighted by Gasteiger charge is 2.07. The first-order valence-electron chi connectivity index (χ1n) is 5.81. The Kier molecular flexibility index (Phi) is 3.50. The zero-order chi connectivity index (χ0) is 13.1. The average Bonchev–Trinajstić information content (AvgIpc) is 2.49. The third-order valence-corrected chi connectivity index (χ3v) is 3.67. The molecule has 3 aromatic heterocycles. The fraction of sp³-hybridized carbons (Fsp3) is 0. The summed E-state index contributed by atoms with van der Waals surface area (Å²) in [5, 5.41) is 0. The van der Waals surface area contributed by atoms with Gasteiger partial charge in [-0.25, -0.2) is 4.98 Å². The Morgan fingerprint density at radius 2 is 1.47 bits per heavy atom. The van der Waals surface area contributed by atoms with Crippen molar-refractivity contribution in [2.45, 2.75) is 0 Å². The van der Waals surface area contributed by atoms with Crippen LogP contribution in [0.4, 0.5) is 0 Å². The first kappa shape index (κ1) is 12.2. The number of halogens is 1. The molecular formula is C15H10IN3. The summed E-state index contributed by atoms with van der Waals surface area (Å²) in [5.74, 6) is 0. The van der Waals surface area contributed by atoms with Gasteiger partial charge in [-0.3, -0.25) is 9.97 Å². The standard InChI is InChI=1S/C15H10IN3/c16-15-14(12-4-2-6-18-9-12)7-13(10-19-15)11-3-1-5-17-8-11/h1-10H. The lowest BCUT2D eigenvalue weighted by molar-refractivity contribution is 1.25. The Bertz CT molecular complexity index is 684. The van der Waals surface area contributed by atoms with Crippen LogP contribution in [-0.2, 0) is 0 Å². The molecule has 0 aliphatic carbocycles. The van der Waals surface area contributed by atoms with Gasteiger partial charge in [-0.1, -0.05) is 12.1 Å². The number of aromatic nitrogens is 3. The lowest BCUT2D eigenvalue weighted by atomic mass is 10.0. The lowest BCUT2D eigenvalue weighted by Crippen LogP contribution is -1.90. The molecular weight excluding hydrogens is 349 g/mol.